The quantitative estimate of drug-likeness (QED) is 0.774. The molecule has 2 aliphatic rings. The zero-order chi connectivity index (χ0) is 19.2. The SMILES string of the molecule is O=C(NCCN1CCOCC1)c1csc(-c2ccnc(N3CCOCC3)c2)n1. The van der Waals surface area contributed by atoms with Crippen LogP contribution in [0.2, 0.25) is 0 Å². The highest BCUT2D eigenvalue weighted by Gasteiger charge is 2.16. The smallest absolute Gasteiger partial charge is 0.270 e. The molecule has 4 heterocycles. The number of carbonyl (C=O) groups is 1. The van der Waals surface area contributed by atoms with Gasteiger partial charge in [0.25, 0.3) is 5.91 Å². The summed E-state index contributed by atoms with van der Waals surface area (Å²) < 4.78 is 10.7. The van der Waals surface area contributed by atoms with Gasteiger partial charge in [-0.25, -0.2) is 9.97 Å². The van der Waals surface area contributed by atoms with Crippen LogP contribution in [0.15, 0.2) is 23.7 Å². The number of nitrogens with one attached hydrogen (secondary N) is 1. The zero-order valence-electron chi connectivity index (χ0n) is 15.8. The summed E-state index contributed by atoms with van der Waals surface area (Å²) in [6.45, 7) is 7.94. The first kappa shape index (κ1) is 19.3. The number of hydrogen-bond acceptors (Lipinski definition) is 8. The van der Waals surface area contributed by atoms with Crippen molar-refractivity contribution in [3.8, 4) is 10.6 Å². The second-order valence-corrected chi connectivity index (χ2v) is 7.61. The number of amides is 1. The monoisotopic (exact) mass is 403 g/mol. The van der Waals surface area contributed by atoms with Gasteiger partial charge in [-0.05, 0) is 12.1 Å². The molecule has 28 heavy (non-hydrogen) atoms. The van der Waals surface area contributed by atoms with Gasteiger partial charge in [0.1, 0.15) is 16.5 Å². The lowest BCUT2D eigenvalue weighted by Crippen LogP contribution is -2.41. The molecule has 1 amide bonds. The molecule has 0 unspecified atom stereocenters. The number of nitrogens with zero attached hydrogens (tertiary/aromatic N) is 4. The minimum Gasteiger partial charge on any atom is -0.379 e. The maximum absolute atomic E-state index is 12.4. The molecule has 0 aromatic carbocycles. The molecule has 9 heteroatoms. The summed E-state index contributed by atoms with van der Waals surface area (Å²) in [5, 5.41) is 5.61. The summed E-state index contributed by atoms with van der Waals surface area (Å²) >= 11 is 1.48. The normalized spacial score (nSPS) is 18.2. The van der Waals surface area contributed by atoms with Crippen molar-refractivity contribution in [2.45, 2.75) is 0 Å². The molecule has 0 saturated carbocycles. The molecule has 1 N–H and O–H groups in total. The van der Waals surface area contributed by atoms with Crippen molar-refractivity contribution in [3.63, 3.8) is 0 Å². The number of aromatic nitrogens is 2. The first-order chi connectivity index (χ1) is 13.8. The summed E-state index contributed by atoms with van der Waals surface area (Å²) in [5.41, 5.74) is 1.44. The van der Waals surface area contributed by atoms with Gasteiger partial charge in [0.2, 0.25) is 0 Å². The second-order valence-electron chi connectivity index (χ2n) is 6.75. The van der Waals surface area contributed by atoms with Gasteiger partial charge in [0.05, 0.1) is 26.4 Å². The molecule has 8 nitrogen and oxygen atoms in total. The highest BCUT2D eigenvalue weighted by atomic mass is 32.1. The van der Waals surface area contributed by atoms with Crippen molar-refractivity contribution in [3.05, 3.63) is 29.4 Å². The molecule has 2 aromatic heterocycles. The number of hydrogen-bond donors (Lipinski definition) is 1. The third kappa shape index (κ3) is 4.85. The summed E-state index contributed by atoms with van der Waals surface area (Å²) in [6.07, 6.45) is 1.80. The molecular weight excluding hydrogens is 378 g/mol. The average molecular weight is 404 g/mol. The first-order valence-electron chi connectivity index (χ1n) is 9.62. The molecule has 0 bridgehead atoms. The summed E-state index contributed by atoms with van der Waals surface area (Å²) in [4.78, 5) is 25.9. The molecule has 4 rings (SSSR count). The van der Waals surface area contributed by atoms with E-state index in [1.807, 2.05) is 17.5 Å². The van der Waals surface area contributed by atoms with Gasteiger partial charge in [-0.3, -0.25) is 9.69 Å². The highest BCUT2D eigenvalue weighted by molar-refractivity contribution is 7.13. The summed E-state index contributed by atoms with van der Waals surface area (Å²) in [5.74, 6) is 0.797. The number of ether oxygens (including phenoxy) is 2. The third-order valence-corrected chi connectivity index (χ3v) is 5.77. The Hall–Kier alpha value is -2.07. The van der Waals surface area contributed by atoms with Crippen LogP contribution < -0.4 is 10.2 Å². The largest absolute Gasteiger partial charge is 0.379 e. The fourth-order valence-corrected chi connectivity index (χ4v) is 4.07. The average Bonchev–Trinajstić information content (AvgIpc) is 3.26. The molecular formula is C19H25N5O3S. The Labute approximate surface area is 168 Å². The van der Waals surface area contributed by atoms with E-state index in [0.29, 0.717) is 12.2 Å². The van der Waals surface area contributed by atoms with Crippen LogP contribution >= 0.6 is 11.3 Å². The Kier molecular flexibility index (Phi) is 6.48. The molecule has 0 spiro atoms. The Morgan fingerprint density at radius 2 is 1.89 bits per heavy atom. The van der Waals surface area contributed by atoms with E-state index in [0.717, 1.165) is 75.5 Å². The molecule has 2 aromatic rings. The van der Waals surface area contributed by atoms with E-state index in [1.165, 1.54) is 11.3 Å². The molecule has 0 aliphatic carbocycles. The lowest BCUT2D eigenvalue weighted by Gasteiger charge is -2.27. The van der Waals surface area contributed by atoms with Crippen molar-refractivity contribution in [2.75, 3.05) is 70.6 Å². The number of rotatable bonds is 6. The predicted molar refractivity (Wildman–Crippen MR) is 108 cm³/mol. The Bertz CT molecular complexity index is 787. The molecule has 2 fully saturated rings. The van der Waals surface area contributed by atoms with E-state index < -0.39 is 0 Å². The van der Waals surface area contributed by atoms with Crippen LogP contribution in [0.5, 0.6) is 0 Å². The summed E-state index contributed by atoms with van der Waals surface area (Å²) in [7, 11) is 0. The van der Waals surface area contributed by atoms with Crippen LogP contribution in [0, 0.1) is 0 Å². The van der Waals surface area contributed by atoms with E-state index in [1.54, 1.807) is 6.20 Å². The number of pyridine rings is 1. The molecule has 2 saturated heterocycles. The van der Waals surface area contributed by atoms with Gasteiger partial charge in [0.15, 0.2) is 0 Å². The molecule has 2 aliphatic heterocycles. The van der Waals surface area contributed by atoms with E-state index >= 15 is 0 Å². The molecule has 150 valence electrons. The number of thiazole rings is 1. The minimum absolute atomic E-state index is 0.127. The second kappa shape index (κ2) is 9.42. The van der Waals surface area contributed by atoms with Crippen molar-refractivity contribution in [1.29, 1.82) is 0 Å². The van der Waals surface area contributed by atoms with Crippen LogP contribution in [0.25, 0.3) is 10.6 Å². The van der Waals surface area contributed by atoms with Crippen molar-refractivity contribution in [2.24, 2.45) is 0 Å². The third-order valence-electron chi connectivity index (χ3n) is 4.88. The fraction of sp³-hybridized carbons (Fsp3) is 0.526. The van der Waals surface area contributed by atoms with Crippen molar-refractivity contribution in [1.82, 2.24) is 20.2 Å². The highest BCUT2D eigenvalue weighted by Crippen LogP contribution is 2.26. The van der Waals surface area contributed by atoms with Gasteiger partial charge < -0.3 is 19.7 Å². The van der Waals surface area contributed by atoms with Gasteiger partial charge in [0, 0.05) is 56.4 Å². The van der Waals surface area contributed by atoms with Crippen LogP contribution in [-0.4, -0.2) is 86.5 Å². The maximum atomic E-state index is 12.4. The summed E-state index contributed by atoms with van der Waals surface area (Å²) in [6, 6.07) is 3.97. The topological polar surface area (TPSA) is 79.8 Å². The Balaban J connectivity index is 1.35. The minimum atomic E-state index is -0.127. The van der Waals surface area contributed by atoms with Gasteiger partial charge in [-0.1, -0.05) is 0 Å². The molecule has 0 atom stereocenters. The van der Waals surface area contributed by atoms with E-state index in [2.05, 4.69) is 25.1 Å². The lowest BCUT2D eigenvalue weighted by molar-refractivity contribution is 0.0383. The van der Waals surface area contributed by atoms with Crippen LogP contribution in [0.1, 0.15) is 10.5 Å². The Morgan fingerprint density at radius 1 is 1.14 bits per heavy atom. The van der Waals surface area contributed by atoms with Crippen LogP contribution in [-0.2, 0) is 9.47 Å². The van der Waals surface area contributed by atoms with Crippen molar-refractivity contribution < 1.29 is 14.3 Å². The van der Waals surface area contributed by atoms with Gasteiger partial charge in [-0.15, -0.1) is 11.3 Å². The molecule has 0 radical (unpaired) electrons. The number of carbonyl (C=O) groups excluding carboxylic acids is 1. The van der Waals surface area contributed by atoms with Crippen molar-refractivity contribution >= 4 is 23.1 Å². The zero-order valence-corrected chi connectivity index (χ0v) is 16.6. The number of morpholine rings is 2. The Morgan fingerprint density at radius 3 is 2.68 bits per heavy atom. The first-order valence-corrected chi connectivity index (χ1v) is 10.5. The fourth-order valence-electron chi connectivity index (χ4n) is 3.27. The predicted octanol–water partition coefficient (Wildman–Crippen LogP) is 1.10. The van der Waals surface area contributed by atoms with E-state index in [-0.39, 0.29) is 5.91 Å². The van der Waals surface area contributed by atoms with E-state index in [4.69, 9.17) is 9.47 Å². The van der Waals surface area contributed by atoms with Gasteiger partial charge >= 0.3 is 0 Å². The number of anilines is 1. The van der Waals surface area contributed by atoms with Gasteiger partial charge in [-0.2, -0.15) is 0 Å². The lowest BCUT2D eigenvalue weighted by atomic mass is 10.2. The van der Waals surface area contributed by atoms with Crippen LogP contribution in [0.4, 0.5) is 5.82 Å². The van der Waals surface area contributed by atoms with Crippen LogP contribution in [0.3, 0.4) is 0 Å². The maximum Gasteiger partial charge on any atom is 0.270 e. The standard InChI is InChI=1S/C19H25N5O3S/c25-18(21-3-4-23-5-9-26-10-6-23)16-14-28-19(22-16)15-1-2-20-17(13-15)24-7-11-27-12-8-24/h1-2,13-14H,3-12H2,(H,21,25). The van der Waals surface area contributed by atoms with E-state index in [9.17, 15) is 4.79 Å².